The highest BCUT2D eigenvalue weighted by Gasteiger charge is 2.28. The largest absolute Gasteiger partial charge is 0.341 e. The van der Waals surface area contributed by atoms with E-state index in [1.54, 1.807) is 16.7 Å². The van der Waals surface area contributed by atoms with Crippen LogP contribution < -0.4 is 11.1 Å². The van der Waals surface area contributed by atoms with Gasteiger partial charge in [0.25, 0.3) is 11.6 Å². The van der Waals surface area contributed by atoms with Gasteiger partial charge in [0.2, 0.25) is 5.91 Å². The van der Waals surface area contributed by atoms with Gasteiger partial charge in [0.1, 0.15) is 6.04 Å². The van der Waals surface area contributed by atoms with Gasteiger partial charge in [0.05, 0.1) is 4.92 Å². The molecule has 0 aliphatic carbocycles. The van der Waals surface area contributed by atoms with Crippen molar-refractivity contribution in [3.05, 3.63) is 39.9 Å². The first-order valence-corrected chi connectivity index (χ1v) is 9.90. The number of nitrogens with one attached hydrogen (secondary N) is 1. The molecule has 1 atom stereocenters. The fraction of sp³-hybridized carbons (Fsp3) is 0.529. The predicted octanol–water partition coefficient (Wildman–Crippen LogP) is 1.82. The molecule has 0 radical (unpaired) electrons. The summed E-state index contributed by atoms with van der Waals surface area (Å²) in [6.45, 7) is 1.17. The number of nitrogens with zero attached hydrogens (tertiary/aromatic N) is 2. The summed E-state index contributed by atoms with van der Waals surface area (Å²) in [5, 5.41) is 13.6. The molecule has 1 saturated heterocycles. The molecule has 1 unspecified atom stereocenters. The van der Waals surface area contributed by atoms with Crippen LogP contribution in [0, 0.1) is 10.1 Å². The van der Waals surface area contributed by atoms with Crippen molar-refractivity contribution >= 4 is 41.7 Å². The molecule has 1 aliphatic rings. The maximum absolute atomic E-state index is 12.8. The molecule has 2 rings (SSSR count). The van der Waals surface area contributed by atoms with Crippen molar-refractivity contribution in [3.8, 4) is 0 Å². The second-order valence-electron chi connectivity index (χ2n) is 6.28. The van der Waals surface area contributed by atoms with E-state index in [0.717, 1.165) is 18.6 Å². The SMILES string of the molecule is CSCCC(NC(=O)c1cccc([N+](=O)[O-])c1)C(=O)N1CCC(N)CC1.Cl. The highest BCUT2D eigenvalue weighted by molar-refractivity contribution is 7.98. The Morgan fingerprint density at radius 1 is 1.41 bits per heavy atom. The van der Waals surface area contributed by atoms with E-state index < -0.39 is 16.9 Å². The van der Waals surface area contributed by atoms with Crippen LogP contribution in [0.15, 0.2) is 24.3 Å². The molecule has 1 aliphatic heterocycles. The van der Waals surface area contributed by atoms with E-state index in [-0.39, 0.29) is 35.6 Å². The molecule has 10 heteroatoms. The Hall–Kier alpha value is -1.84. The smallest absolute Gasteiger partial charge is 0.270 e. The number of hydrogen-bond donors (Lipinski definition) is 2. The van der Waals surface area contributed by atoms with Gasteiger partial charge in [-0.15, -0.1) is 12.4 Å². The van der Waals surface area contributed by atoms with Crippen LogP contribution in [0.5, 0.6) is 0 Å². The van der Waals surface area contributed by atoms with Gasteiger partial charge in [0.15, 0.2) is 0 Å². The van der Waals surface area contributed by atoms with Crippen molar-refractivity contribution in [3.63, 3.8) is 0 Å². The van der Waals surface area contributed by atoms with Crippen LogP contribution in [0.1, 0.15) is 29.6 Å². The van der Waals surface area contributed by atoms with Crippen molar-refractivity contribution in [2.45, 2.75) is 31.3 Å². The van der Waals surface area contributed by atoms with E-state index in [9.17, 15) is 19.7 Å². The Labute approximate surface area is 168 Å². The van der Waals surface area contributed by atoms with Crippen LogP contribution in [0.4, 0.5) is 5.69 Å². The van der Waals surface area contributed by atoms with Gasteiger partial charge in [-0.25, -0.2) is 0 Å². The number of rotatable bonds is 7. The Morgan fingerprint density at radius 3 is 2.67 bits per heavy atom. The minimum Gasteiger partial charge on any atom is -0.341 e. The summed E-state index contributed by atoms with van der Waals surface area (Å²) in [7, 11) is 0. The quantitative estimate of drug-likeness (QED) is 0.517. The van der Waals surface area contributed by atoms with E-state index in [1.165, 1.54) is 24.3 Å². The van der Waals surface area contributed by atoms with Crippen LogP contribution in [0.25, 0.3) is 0 Å². The predicted molar refractivity (Wildman–Crippen MR) is 108 cm³/mol. The number of hydrogen-bond acceptors (Lipinski definition) is 6. The van der Waals surface area contributed by atoms with Gasteiger partial charge >= 0.3 is 0 Å². The highest BCUT2D eigenvalue weighted by Crippen LogP contribution is 2.15. The molecule has 3 N–H and O–H groups in total. The number of halogens is 1. The number of non-ortho nitro benzene ring substituents is 1. The summed E-state index contributed by atoms with van der Waals surface area (Å²) < 4.78 is 0. The van der Waals surface area contributed by atoms with Crippen molar-refractivity contribution < 1.29 is 14.5 Å². The number of likely N-dealkylation sites (tertiary alicyclic amines) is 1. The highest BCUT2D eigenvalue weighted by atomic mass is 35.5. The molecule has 1 heterocycles. The monoisotopic (exact) mass is 416 g/mol. The Bertz CT molecular complexity index is 668. The van der Waals surface area contributed by atoms with Gasteiger partial charge in [-0.2, -0.15) is 11.8 Å². The standard InChI is InChI=1S/C17H24N4O4S.ClH/c1-26-10-7-15(17(23)20-8-5-13(18)6-9-20)19-16(22)12-3-2-4-14(11-12)21(24)25;/h2-4,11,13,15H,5-10,18H2,1H3,(H,19,22);1H. The summed E-state index contributed by atoms with van der Waals surface area (Å²) in [4.78, 5) is 37.4. The number of thioether (sulfide) groups is 1. The average molecular weight is 417 g/mol. The minimum absolute atomic E-state index is 0. The summed E-state index contributed by atoms with van der Waals surface area (Å²) in [5.41, 5.74) is 5.89. The number of nitro groups is 1. The van der Waals surface area contributed by atoms with Gasteiger partial charge in [0, 0.05) is 36.8 Å². The third-order valence-electron chi connectivity index (χ3n) is 4.38. The Balaban J connectivity index is 0.00000364. The molecule has 150 valence electrons. The molecule has 2 amide bonds. The molecule has 1 aromatic rings. The summed E-state index contributed by atoms with van der Waals surface area (Å²) in [6, 6.07) is 4.96. The maximum atomic E-state index is 12.8. The third kappa shape index (κ3) is 6.67. The fourth-order valence-electron chi connectivity index (χ4n) is 2.84. The van der Waals surface area contributed by atoms with E-state index in [1.807, 2.05) is 6.26 Å². The van der Waals surface area contributed by atoms with Gasteiger partial charge in [-0.1, -0.05) is 6.07 Å². The molecule has 0 spiro atoms. The first-order valence-electron chi connectivity index (χ1n) is 8.51. The third-order valence-corrected chi connectivity index (χ3v) is 5.03. The number of carbonyl (C=O) groups excluding carboxylic acids is 2. The van der Waals surface area contributed by atoms with Crippen LogP contribution in [-0.4, -0.2) is 58.8 Å². The van der Waals surface area contributed by atoms with Crippen molar-refractivity contribution in [1.29, 1.82) is 0 Å². The molecule has 0 aromatic heterocycles. The van der Waals surface area contributed by atoms with Crippen LogP contribution in [0.3, 0.4) is 0 Å². The van der Waals surface area contributed by atoms with E-state index in [2.05, 4.69) is 5.32 Å². The number of piperidine rings is 1. The summed E-state index contributed by atoms with van der Waals surface area (Å²) in [6.07, 6.45) is 3.94. The zero-order valence-corrected chi connectivity index (χ0v) is 16.8. The molecular formula is C17H25ClN4O4S. The lowest BCUT2D eigenvalue weighted by Gasteiger charge is -2.33. The van der Waals surface area contributed by atoms with E-state index >= 15 is 0 Å². The minimum atomic E-state index is -0.650. The second-order valence-corrected chi connectivity index (χ2v) is 7.26. The van der Waals surface area contributed by atoms with Crippen LogP contribution >= 0.6 is 24.2 Å². The molecule has 1 fully saturated rings. The van der Waals surface area contributed by atoms with Gasteiger partial charge < -0.3 is 16.0 Å². The Morgan fingerprint density at radius 2 is 2.07 bits per heavy atom. The molecule has 0 saturated carbocycles. The second kappa shape index (κ2) is 11.1. The summed E-state index contributed by atoms with van der Waals surface area (Å²) >= 11 is 1.59. The average Bonchev–Trinajstić information content (AvgIpc) is 2.65. The maximum Gasteiger partial charge on any atom is 0.270 e. The van der Waals surface area contributed by atoms with Gasteiger partial charge in [-0.3, -0.25) is 19.7 Å². The fourth-order valence-corrected chi connectivity index (χ4v) is 3.31. The van der Waals surface area contributed by atoms with E-state index in [4.69, 9.17) is 5.73 Å². The Kier molecular flexibility index (Phi) is 9.54. The molecule has 1 aromatic carbocycles. The summed E-state index contributed by atoms with van der Waals surface area (Å²) in [5.74, 6) is 0.116. The van der Waals surface area contributed by atoms with Crippen molar-refractivity contribution in [2.75, 3.05) is 25.1 Å². The molecule has 8 nitrogen and oxygen atoms in total. The van der Waals surface area contributed by atoms with Crippen LogP contribution in [0.2, 0.25) is 0 Å². The first kappa shape index (κ1) is 23.2. The van der Waals surface area contributed by atoms with E-state index in [0.29, 0.717) is 19.5 Å². The number of nitro benzene ring substituents is 1. The molecule has 27 heavy (non-hydrogen) atoms. The zero-order valence-electron chi connectivity index (χ0n) is 15.1. The lowest BCUT2D eigenvalue weighted by molar-refractivity contribution is -0.384. The van der Waals surface area contributed by atoms with Gasteiger partial charge in [-0.05, 0) is 37.3 Å². The number of nitrogens with two attached hydrogens (primary N) is 1. The zero-order chi connectivity index (χ0) is 19.1. The van der Waals surface area contributed by atoms with Crippen LogP contribution in [-0.2, 0) is 4.79 Å². The normalized spacial score (nSPS) is 15.6. The molecule has 0 bridgehead atoms. The topological polar surface area (TPSA) is 119 Å². The first-order chi connectivity index (χ1) is 12.4. The molecular weight excluding hydrogens is 392 g/mol. The lowest BCUT2D eigenvalue weighted by Crippen LogP contribution is -2.52. The number of carbonyl (C=O) groups is 2. The number of amides is 2. The number of benzene rings is 1. The lowest BCUT2D eigenvalue weighted by atomic mass is 10.0. The van der Waals surface area contributed by atoms with Crippen molar-refractivity contribution in [2.24, 2.45) is 5.73 Å². The van der Waals surface area contributed by atoms with Crippen molar-refractivity contribution in [1.82, 2.24) is 10.2 Å².